The van der Waals surface area contributed by atoms with Gasteiger partial charge in [-0.1, -0.05) is 30.1 Å². The van der Waals surface area contributed by atoms with Gasteiger partial charge in [-0.2, -0.15) is 0 Å². The summed E-state index contributed by atoms with van der Waals surface area (Å²) in [6.45, 7) is 2.09. The van der Waals surface area contributed by atoms with E-state index in [9.17, 15) is 0 Å². The molecule has 3 rings (SSSR count). The summed E-state index contributed by atoms with van der Waals surface area (Å²) in [5.74, 6) is 1.75. The molecule has 1 aliphatic carbocycles. The minimum absolute atomic E-state index is 0.519. The first-order chi connectivity index (χ1) is 9.10. The minimum Gasteiger partial charge on any atom is -0.383 e. The van der Waals surface area contributed by atoms with Crippen molar-refractivity contribution in [3.8, 4) is 11.3 Å². The molecule has 1 saturated carbocycles. The number of benzene rings is 1. The van der Waals surface area contributed by atoms with Crippen molar-refractivity contribution < 1.29 is 0 Å². The summed E-state index contributed by atoms with van der Waals surface area (Å²) in [7, 11) is 0. The monoisotopic (exact) mass is 295 g/mol. The van der Waals surface area contributed by atoms with Crippen LogP contribution in [-0.4, -0.2) is 9.55 Å². The van der Waals surface area contributed by atoms with Crippen LogP contribution in [0, 0.1) is 0 Å². The molecule has 0 aliphatic heterocycles. The van der Waals surface area contributed by atoms with Gasteiger partial charge in [0.2, 0.25) is 0 Å². The smallest absolute Gasteiger partial charge is 0.131 e. The Hall–Kier alpha value is -1.19. The zero-order valence-corrected chi connectivity index (χ0v) is 12.2. The number of nitrogens with two attached hydrogens (primary N) is 1. The number of aryl methyl sites for hydroxylation is 1. The first-order valence-corrected chi connectivity index (χ1v) is 7.18. The SMILES string of the molecule is CCc1nc(-c2cc(Cl)cc(Cl)c2)c(N)n1C1CC1. The molecule has 1 heterocycles. The van der Waals surface area contributed by atoms with Crippen molar-refractivity contribution in [2.75, 3.05) is 5.73 Å². The molecule has 2 N–H and O–H groups in total. The van der Waals surface area contributed by atoms with Gasteiger partial charge in [0, 0.05) is 28.1 Å². The molecule has 1 aromatic heterocycles. The fourth-order valence-electron chi connectivity index (χ4n) is 2.39. The Labute approximate surface area is 122 Å². The molecule has 3 nitrogen and oxygen atoms in total. The predicted molar refractivity (Wildman–Crippen MR) is 79.7 cm³/mol. The third-order valence-corrected chi connectivity index (χ3v) is 3.82. The molecule has 2 aromatic rings. The number of aromatic nitrogens is 2. The lowest BCUT2D eigenvalue weighted by Gasteiger charge is -2.06. The first kappa shape index (κ1) is 12.8. The fourth-order valence-corrected chi connectivity index (χ4v) is 2.91. The molecule has 100 valence electrons. The standard InChI is InChI=1S/C14H15Cl2N3/c1-2-12-18-13(14(17)19(12)11-3-4-11)8-5-9(15)7-10(16)6-8/h5-7,11H,2-4,17H2,1H3. The van der Waals surface area contributed by atoms with Crippen LogP contribution in [0.1, 0.15) is 31.6 Å². The lowest BCUT2D eigenvalue weighted by Crippen LogP contribution is -2.04. The summed E-state index contributed by atoms with van der Waals surface area (Å²) < 4.78 is 2.16. The third kappa shape index (κ3) is 2.33. The van der Waals surface area contributed by atoms with Crippen LogP contribution >= 0.6 is 23.2 Å². The van der Waals surface area contributed by atoms with Crippen molar-refractivity contribution in [2.45, 2.75) is 32.2 Å². The number of rotatable bonds is 3. The van der Waals surface area contributed by atoms with E-state index < -0.39 is 0 Å². The lowest BCUT2D eigenvalue weighted by atomic mass is 10.1. The Balaban J connectivity index is 2.14. The van der Waals surface area contributed by atoms with E-state index in [1.807, 2.05) is 12.1 Å². The van der Waals surface area contributed by atoms with Crippen molar-refractivity contribution in [1.82, 2.24) is 9.55 Å². The Morgan fingerprint density at radius 2 is 1.89 bits per heavy atom. The minimum atomic E-state index is 0.519. The predicted octanol–water partition coefficient (Wildman–Crippen LogP) is 4.34. The van der Waals surface area contributed by atoms with Crippen molar-refractivity contribution in [2.24, 2.45) is 0 Å². The van der Waals surface area contributed by atoms with E-state index in [0.29, 0.717) is 16.1 Å². The van der Waals surface area contributed by atoms with Crippen LogP contribution < -0.4 is 5.73 Å². The van der Waals surface area contributed by atoms with E-state index in [4.69, 9.17) is 28.9 Å². The topological polar surface area (TPSA) is 43.8 Å². The summed E-state index contributed by atoms with van der Waals surface area (Å²) in [5, 5.41) is 1.20. The van der Waals surface area contributed by atoms with Crippen molar-refractivity contribution in [3.63, 3.8) is 0 Å². The highest BCUT2D eigenvalue weighted by Crippen LogP contribution is 2.41. The van der Waals surface area contributed by atoms with Gasteiger partial charge in [-0.3, -0.25) is 0 Å². The zero-order chi connectivity index (χ0) is 13.6. The summed E-state index contributed by atoms with van der Waals surface area (Å²) in [6, 6.07) is 5.93. The Morgan fingerprint density at radius 1 is 1.26 bits per heavy atom. The highest BCUT2D eigenvalue weighted by molar-refractivity contribution is 6.35. The highest BCUT2D eigenvalue weighted by atomic mass is 35.5. The molecule has 0 unspecified atom stereocenters. The number of hydrogen-bond acceptors (Lipinski definition) is 2. The molecular weight excluding hydrogens is 281 g/mol. The lowest BCUT2D eigenvalue weighted by molar-refractivity contribution is 0.696. The summed E-state index contributed by atoms with van der Waals surface area (Å²) in [4.78, 5) is 4.66. The van der Waals surface area contributed by atoms with Gasteiger partial charge < -0.3 is 10.3 Å². The number of anilines is 1. The molecule has 0 spiro atoms. The number of hydrogen-bond donors (Lipinski definition) is 1. The van der Waals surface area contributed by atoms with Crippen LogP contribution in [0.2, 0.25) is 10.0 Å². The molecule has 1 aromatic carbocycles. The zero-order valence-electron chi connectivity index (χ0n) is 10.7. The summed E-state index contributed by atoms with van der Waals surface area (Å²) >= 11 is 12.1. The van der Waals surface area contributed by atoms with Gasteiger partial charge in [-0.25, -0.2) is 4.98 Å². The molecule has 5 heteroatoms. The maximum Gasteiger partial charge on any atom is 0.131 e. The average Bonchev–Trinajstić information content (AvgIpc) is 3.12. The van der Waals surface area contributed by atoms with Crippen LogP contribution in [0.15, 0.2) is 18.2 Å². The van der Waals surface area contributed by atoms with E-state index in [1.165, 1.54) is 12.8 Å². The van der Waals surface area contributed by atoms with E-state index >= 15 is 0 Å². The van der Waals surface area contributed by atoms with Gasteiger partial charge >= 0.3 is 0 Å². The van der Waals surface area contributed by atoms with E-state index in [2.05, 4.69) is 16.5 Å². The number of halogens is 2. The summed E-state index contributed by atoms with van der Waals surface area (Å²) in [6.07, 6.45) is 3.24. The second kappa shape index (κ2) is 4.73. The van der Waals surface area contributed by atoms with Crippen molar-refractivity contribution >= 4 is 29.0 Å². The van der Waals surface area contributed by atoms with Crippen LogP contribution in [0.4, 0.5) is 5.82 Å². The molecule has 0 amide bonds. The highest BCUT2D eigenvalue weighted by Gasteiger charge is 2.29. The Bertz CT molecular complexity index is 610. The van der Waals surface area contributed by atoms with Gasteiger partial charge in [-0.15, -0.1) is 0 Å². The molecule has 1 fully saturated rings. The van der Waals surface area contributed by atoms with Crippen LogP contribution in [0.5, 0.6) is 0 Å². The van der Waals surface area contributed by atoms with E-state index in [0.717, 1.165) is 29.3 Å². The normalized spacial score (nSPS) is 14.9. The molecule has 0 bridgehead atoms. The molecule has 0 radical (unpaired) electrons. The van der Waals surface area contributed by atoms with Gasteiger partial charge in [0.1, 0.15) is 17.3 Å². The quantitative estimate of drug-likeness (QED) is 0.915. The van der Waals surface area contributed by atoms with Gasteiger partial charge in [0.25, 0.3) is 0 Å². The molecule has 0 atom stereocenters. The van der Waals surface area contributed by atoms with Gasteiger partial charge in [0.15, 0.2) is 0 Å². The van der Waals surface area contributed by atoms with E-state index in [1.54, 1.807) is 6.07 Å². The van der Waals surface area contributed by atoms with Gasteiger partial charge in [-0.05, 0) is 31.0 Å². The molecule has 19 heavy (non-hydrogen) atoms. The molecule has 1 aliphatic rings. The second-order valence-corrected chi connectivity index (χ2v) is 5.75. The number of nitrogens with zero attached hydrogens (tertiary/aromatic N) is 2. The Kier molecular flexibility index (Phi) is 3.19. The van der Waals surface area contributed by atoms with Gasteiger partial charge in [0.05, 0.1) is 0 Å². The van der Waals surface area contributed by atoms with Crippen molar-refractivity contribution in [3.05, 3.63) is 34.1 Å². The number of imidazole rings is 1. The second-order valence-electron chi connectivity index (χ2n) is 4.87. The van der Waals surface area contributed by atoms with Crippen molar-refractivity contribution in [1.29, 1.82) is 0 Å². The summed E-state index contributed by atoms with van der Waals surface area (Å²) in [5.41, 5.74) is 7.93. The molecule has 0 saturated heterocycles. The Morgan fingerprint density at radius 3 is 2.42 bits per heavy atom. The van der Waals surface area contributed by atoms with Crippen LogP contribution in [0.25, 0.3) is 11.3 Å². The number of nitrogen functional groups attached to an aromatic ring is 1. The largest absolute Gasteiger partial charge is 0.383 e. The van der Waals surface area contributed by atoms with Crippen LogP contribution in [0.3, 0.4) is 0 Å². The third-order valence-electron chi connectivity index (χ3n) is 3.39. The van der Waals surface area contributed by atoms with Crippen LogP contribution in [-0.2, 0) is 6.42 Å². The average molecular weight is 296 g/mol. The maximum atomic E-state index is 6.27. The molecular formula is C14H15Cl2N3. The first-order valence-electron chi connectivity index (χ1n) is 6.43. The maximum absolute atomic E-state index is 6.27. The fraction of sp³-hybridized carbons (Fsp3) is 0.357. The van der Waals surface area contributed by atoms with E-state index in [-0.39, 0.29) is 0 Å².